The van der Waals surface area contributed by atoms with Crippen LogP contribution in [0, 0.1) is 5.92 Å². The van der Waals surface area contributed by atoms with E-state index in [0.717, 1.165) is 19.6 Å². The molecule has 1 aromatic heterocycles. The second-order valence-electron chi connectivity index (χ2n) is 5.68. The van der Waals surface area contributed by atoms with Crippen molar-refractivity contribution in [3.8, 4) is 0 Å². The summed E-state index contributed by atoms with van der Waals surface area (Å²) in [4.78, 5) is 15.7. The summed E-state index contributed by atoms with van der Waals surface area (Å²) in [6.07, 6.45) is 3.18. The maximum atomic E-state index is 11.8. The van der Waals surface area contributed by atoms with Crippen LogP contribution < -0.4 is 5.32 Å². The minimum Gasteiger partial charge on any atom is -0.354 e. The van der Waals surface area contributed by atoms with E-state index >= 15 is 0 Å². The standard InChI is InChI=1S/C15H24N2OS/c1-12(2)10-15(18)16-11-13(14-6-5-9-19-14)17-7-3-4-8-17/h5-6,9,12-13H,3-4,7-8,10-11H2,1-2H3,(H,16,18). The van der Waals surface area contributed by atoms with Crippen molar-refractivity contribution in [1.82, 2.24) is 10.2 Å². The molecule has 0 radical (unpaired) electrons. The van der Waals surface area contributed by atoms with Crippen LogP contribution in [0.4, 0.5) is 0 Å². The molecular formula is C15H24N2OS. The predicted molar refractivity (Wildman–Crippen MR) is 80.3 cm³/mol. The molecule has 0 spiro atoms. The second-order valence-corrected chi connectivity index (χ2v) is 6.66. The van der Waals surface area contributed by atoms with E-state index in [-0.39, 0.29) is 5.91 Å². The van der Waals surface area contributed by atoms with Crippen LogP contribution in [0.25, 0.3) is 0 Å². The molecule has 0 saturated carbocycles. The SMILES string of the molecule is CC(C)CC(=O)NCC(c1cccs1)N1CCCC1. The molecule has 1 atom stereocenters. The summed E-state index contributed by atoms with van der Waals surface area (Å²) in [5.41, 5.74) is 0. The van der Waals surface area contributed by atoms with Crippen molar-refractivity contribution in [3.05, 3.63) is 22.4 Å². The number of carbonyl (C=O) groups excluding carboxylic acids is 1. The summed E-state index contributed by atoms with van der Waals surface area (Å²) in [6, 6.07) is 4.64. The molecule has 1 aromatic rings. The van der Waals surface area contributed by atoms with Crippen LogP contribution in [0.5, 0.6) is 0 Å². The quantitative estimate of drug-likeness (QED) is 0.868. The molecule has 2 rings (SSSR count). The Hall–Kier alpha value is -0.870. The van der Waals surface area contributed by atoms with Crippen molar-refractivity contribution in [2.75, 3.05) is 19.6 Å². The lowest BCUT2D eigenvalue weighted by Gasteiger charge is -2.27. The molecule has 106 valence electrons. The molecule has 1 aliphatic heterocycles. The Bertz CT molecular complexity index is 383. The van der Waals surface area contributed by atoms with Crippen molar-refractivity contribution < 1.29 is 4.79 Å². The van der Waals surface area contributed by atoms with Gasteiger partial charge in [-0.3, -0.25) is 9.69 Å². The molecule has 1 aliphatic rings. The normalized spacial score (nSPS) is 17.8. The average molecular weight is 280 g/mol. The van der Waals surface area contributed by atoms with Gasteiger partial charge in [-0.25, -0.2) is 0 Å². The van der Waals surface area contributed by atoms with Gasteiger partial charge in [0, 0.05) is 17.8 Å². The van der Waals surface area contributed by atoms with Crippen LogP contribution in [0.2, 0.25) is 0 Å². The number of thiophene rings is 1. The minimum atomic E-state index is 0.177. The van der Waals surface area contributed by atoms with Crippen LogP contribution in [0.15, 0.2) is 17.5 Å². The highest BCUT2D eigenvalue weighted by Crippen LogP contribution is 2.27. The van der Waals surface area contributed by atoms with E-state index in [4.69, 9.17) is 0 Å². The van der Waals surface area contributed by atoms with Gasteiger partial charge in [0.05, 0.1) is 6.04 Å². The third kappa shape index (κ3) is 4.32. The van der Waals surface area contributed by atoms with Gasteiger partial charge in [0.2, 0.25) is 5.91 Å². The summed E-state index contributed by atoms with van der Waals surface area (Å²) in [5, 5.41) is 5.22. The molecular weight excluding hydrogens is 256 g/mol. The van der Waals surface area contributed by atoms with E-state index in [0.29, 0.717) is 18.4 Å². The molecule has 3 nitrogen and oxygen atoms in total. The van der Waals surface area contributed by atoms with Crippen molar-refractivity contribution in [3.63, 3.8) is 0 Å². The van der Waals surface area contributed by atoms with E-state index < -0.39 is 0 Å². The largest absolute Gasteiger partial charge is 0.354 e. The van der Waals surface area contributed by atoms with Crippen molar-refractivity contribution in [1.29, 1.82) is 0 Å². The molecule has 1 saturated heterocycles. The number of rotatable bonds is 6. The molecule has 2 heterocycles. The zero-order valence-corrected chi connectivity index (χ0v) is 12.7. The molecule has 1 unspecified atom stereocenters. The van der Waals surface area contributed by atoms with Gasteiger partial charge in [0.25, 0.3) is 0 Å². The number of nitrogens with one attached hydrogen (secondary N) is 1. The number of carbonyl (C=O) groups is 1. The Labute approximate surface area is 120 Å². The highest BCUT2D eigenvalue weighted by Gasteiger charge is 2.24. The van der Waals surface area contributed by atoms with Crippen LogP contribution in [0.3, 0.4) is 0 Å². The fourth-order valence-corrected chi connectivity index (χ4v) is 3.46. The smallest absolute Gasteiger partial charge is 0.220 e. The van der Waals surface area contributed by atoms with Gasteiger partial charge in [-0.15, -0.1) is 11.3 Å². The number of amides is 1. The van der Waals surface area contributed by atoms with Gasteiger partial charge in [-0.1, -0.05) is 19.9 Å². The van der Waals surface area contributed by atoms with Gasteiger partial charge < -0.3 is 5.32 Å². The summed E-state index contributed by atoms with van der Waals surface area (Å²) >= 11 is 1.79. The van der Waals surface area contributed by atoms with Crippen molar-refractivity contribution in [2.24, 2.45) is 5.92 Å². The fraction of sp³-hybridized carbons (Fsp3) is 0.667. The summed E-state index contributed by atoms with van der Waals surface area (Å²) in [7, 11) is 0. The van der Waals surface area contributed by atoms with Crippen LogP contribution >= 0.6 is 11.3 Å². The maximum Gasteiger partial charge on any atom is 0.220 e. The van der Waals surface area contributed by atoms with Crippen molar-refractivity contribution in [2.45, 2.75) is 39.2 Å². The minimum absolute atomic E-state index is 0.177. The van der Waals surface area contributed by atoms with Crippen molar-refractivity contribution >= 4 is 17.2 Å². The molecule has 0 bridgehead atoms. The third-order valence-corrected chi connectivity index (χ3v) is 4.51. The fourth-order valence-electron chi connectivity index (χ4n) is 2.60. The number of nitrogens with zero attached hydrogens (tertiary/aromatic N) is 1. The lowest BCUT2D eigenvalue weighted by atomic mass is 10.1. The number of hydrogen-bond donors (Lipinski definition) is 1. The molecule has 1 amide bonds. The van der Waals surface area contributed by atoms with Gasteiger partial charge in [0.1, 0.15) is 0 Å². The van der Waals surface area contributed by atoms with Crippen LogP contribution in [-0.4, -0.2) is 30.4 Å². The van der Waals surface area contributed by atoms with E-state index in [2.05, 4.69) is 41.6 Å². The third-order valence-electron chi connectivity index (χ3n) is 3.54. The van der Waals surface area contributed by atoms with E-state index in [9.17, 15) is 4.79 Å². The van der Waals surface area contributed by atoms with Gasteiger partial charge in [-0.05, 0) is 43.3 Å². The van der Waals surface area contributed by atoms with E-state index in [1.807, 2.05) is 0 Å². The average Bonchev–Trinajstić information content (AvgIpc) is 3.00. The molecule has 0 aromatic carbocycles. The maximum absolute atomic E-state index is 11.8. The monoisotopic (exact) mass is 280 g/mol. The molecule has 1 N–H and O–H groups in total. The van der Waals surface area contributed by atoms with E-state index in [1.165, 1.54) is 17.7 Å². The zero-order valence-electron chi connectivity index (χ0n) is 11.9. The first kappa shape index (κ1) is 14.5. The highest BCUT2D eigenvalue weighted by molar-refractivity contribution is 7.10. The lowest BCUT2D eigenvalue weighted by molar-refractivity contribution is -0.122. The first-order chi connectivity index (χ1) is 9.16. The van der Waals surface area contributed by atoms with Crippen LogP contribution in [-0.2, 0) is 4.79 Å². The second kappa shape index (κ2) is 7.06. The Morgan fingerprint density at radius 2 is 2.16 bits per heavy atom. The summed E-state index contributed by atoms with van der Waals surface area (Å²) in [6.45, 7) is 7.21. The molecule has 0 aliphatic carbocycles. The first-order valence-electron chi connectivity index (χ1n) is 7.21. The Balaban J connectivity index is 1.92. The van der Waals surface area contributed by atoms with Gasteiger partial charge >= 0.3 is 0 Å². The topological polar surface area (TPSA) is 32.3 Å². The molecule has 19 heavy (non-hydrogen) atoms. The van der Waals surface area contributed by atoms with Gasteiger partial charge in [-0.2, -0.15) is 0 Å². The van der Waals surface area contributed by atoms with E-state index in [1.54, 1.807) is 11.3 Å². The Kier molecular flexibility index (Phi) is 5.40. The van der Waals surface area contributed by atoms with Gasteiger partial charge in [0.15, 0.2) is 0 Å². The Morgan fingerprint density at radius 3 is 2.74 bits per heavy atom. The predicted octanol–water partition coefficient (Wildman–Crippen LogP) is 3.05. The Morgan fingerprint density at radius 1 is 1.42 bits per heavy atom. The molecule has 1 fully saturated rings. The first-order valence-corrected chi connectivity index (χ1v) is 8.09. The number of hydrogen-bond acceptors (Lipinski definition) is 3. The summed E-state index contributed by atoms with van der Waals surface area (Å²) in [5.74, 6) is 0.600. The highest BCUT2D eigenvalue weighted by atomic mass is 32.1. The summed E-state index contributed by atoms with van der Waals surface area (Å²) < 4.78 is 0. The number of likely N-dealkylation sites (tertiary alicyclic amines) is 1. The zero-order chi connectivity index (χ0) is 13.7. The van der Waals surface area contributed by atoms with Crippen LogP contribution in [0.1, 0.15) is 44.0 Å². The molecule has 4 heteroatoms. The lowest BCUT2D eigenvalue weighted by Crippen LogP contribution is -2.36.